The van der Waals surface area contributed by atoms with E-state index in [-0.39, 0.29) is 24.0 Å². The van der Waals surface area contributed by atoms with Crippen molar-refractivity contribution in [3.05, 3.63) is 35.4 Å². The summed E-state index contributed by atoms with van der Waals surface area (Å²) < 4.78 is 12.3. The minimum absolute atomic E-state index is 0.119. The number of hydrogen-bond acceptors (Lipinski definition) is 5. The maximum atomic E-state index is 12.3. The third kappa shape index (κ3) is 2.28. The zero-order valence-corrected chi connectivity index (χ0v) is 17.9. The average molecular weight is 410 g/mol. The molecule has 2 saturated carbocycles. The molecule has 1 saturated heterocycles. The van der Waals surface area contributed by atoms with Crippen LogP contribution < -0.4 is 9.47 Å². The number of likely N-dealkylation sites (tertiary alicyclic amines) is 1. The minimum Gasteiger partial charge on any atom is -0.481 e. The molecule has 30 heavy (non-hydrogen) atoms. The number of esters is 1. The Morgan fingerprint density at radius 1 is 1.37 bits per heavy atom. The van der Waals surface area contributed by atoms with Crippen LogP contribution in [0.5, 0.6) is 11.5 Å². The normalized spacial score (nSPS) is 36.5. The summed E-state index contributed by atoms with van der Waals surface area (Å²) in [7, 11) is 0. The second kappa shape index (κ2) is 6.10. The van der Waals surface area contributed by atoms with Gasteiger partial charge in [-0.3, -0.25) is 9.69 Å². The average Bonchev–Trinajstić information content (AvgIpc) is 3.45. The first-order valence-corrected chi connectivity index (χ1v) is 11.5. The first-order chi connectivity index (χ1) is 14.3. The highest BCUT2D eigenvalue weighted by Gasteiger charge is 2.72. The van der Waals surface area contributed by atoms with E-state index in [1.54, 1.807) is 0 Å². The molecule has 2 aliphatic heterocycles. The molecule has 5 heteroatoms. The van der Waals surface area contributed by atoms with Crippen molar-refractivity contribution in [3.8, 4) is 11.5 Å². The number of hydrogen-bond donors (Lipinski definition) is 1. The number of carbonyl (C=O) groups excluding carboxylic acids is 1. The molecule has 1 N–H and O–H groups in total. The molecular weight excluding hydrogens is 378 g/mol. The molecule has 2 bridgehead atoms. The molecule has 160 valence electrons. The smallest absolute Gasteiger partial charge is 0.313 e. The number of piperidine rings is 1. The van der Waals surface area contributed by atoms with Crippen molar-refractivity contribution in [1.82, 2.24) is 4.90 Å². The lowest BCUT2D eigenvalue weighted by atomic mass is 9.48. The van der Waals surface area contributed by atoms with Gasteiger partial charge in [-0.2, -0.15) is 0 Å². The van der Waals surface area contributed by atoms with Crippen LogP contribution in [0.1, 0.15) is 57.1 Å². The Labute approximate surface area is 178 Å². The molecule has 0 unspecified atom stereocenters. The number of nitrogens with zero attached hydrogens (tertiary/aromatic N) is 1. The van der Waals surface area contributed by atoms with Gasteiger partial charge in [0.15, 0.2) is 11.5 Å². The predicted molar refractivity (Wildman–Crippen MR) is 113 cm³/mol. The second-order valence-corrected chi connectivity index (χ2v) is 10.5. The van der Waals surface area contributed by atoms with E-state index in [2.05, 4.69) is 17.5 Å². The SMILES string of the molecule is C=C1CC[C@@]2(O)[C@H]3Cc4ccc(OC(=O)C(C)C)c5c4[C@@]2(CCN3CC2CC2)[C@H]1O5. The molecule has 0 aromatic heterocycles. The highest BCUT2D eigenvalue weighted by atomic mass is 16.6. The number of carbonyl (C=O) groups is 1. The van der Waals surface area contributed by atoms with Crippen LogP contribution >= 0.6 is 0 Å². The van der Waals surface area contributed by atoms with Crippen LogP contribution in [-0.2, 0) is 16.6 Å². The third-order valence-corrected chi connectivity index (χ3v) is 8.38. The van der Waals surface area contributed by atoms with Crippen molar-refractivity contribution in [2.75, 3.05) is 13.1 Å². The quantitative estimate of drug-likeness (QED) is 0.469. The largest absolute Gasteiger partial charge is 0.481 e. The Balaban J connectivity index is 1.50. The van der Waals surface area contributed by atoms with E-state index in [9.17, 15) is 9.90 Å². The summed E-state index contributed by atoms with van der Waals surface area (Å²) in [6.45, 7) is 10.1. The monoisotopic (exact) mass is 409 g/mol. The summed E-state index contributed by atoms with van der Waals surface area (Å²) in [5, 5.41) is 12.3. The zero-order valence-electron chi connectivity index (χ0n) is 17.9. The van der Waals surface area contributed by atoms with Crippen LogP contribution in [0.25, 0.3) is 0 Å². The molecule has 3 fully saturated rings. The Kier molecular flexibility index (Phi) is 3.84. The maximum Gasteiger partial charge on any atom is 0.313 e. The van der Waals surface area contributed by atoms with Gasteiger partial charge in [0.05, 0.1) is 16.9 Å². The van der Waals surface area contributed by atoms with Gasteiger partial charge in [0.2, 0.25) is 0 Å². The fourth-order valence-electron chi connectivity index (χ4n) is 6.69. The van der Waals surface area contributed by atoms with Crippen molar-refractivity contribution >= 4 is 5.97 Å². The molecule has 2 heterocycles. The van der Waals surface area contributed by atoms with Crippen LogP contribution in [0.2, 0.25) is 0 Å². The molecule has 5 nitrogen and oxygen atoms in total. The molecule has 5 aliphatic rings. The van der Waals surface area contributed by atoms with Gasteiger partial charge in [0.25, 0.3) is 0 Å². The van der Waals surface area contributed by atoms with Gasteiger partial charge >= 0.3 is 5.97 Å². The summed E-state index contributed by atoms with van der Waals surface area (Å²) in [4.78, 5) is 14.9. The lowest BCUT2D eigenvalue weighted by Gasteiger charge is -2.63. The van der Waals surface area contributed by atoms with Gasteiger partial charge < -0.3 is 14.6 Å². The number of rotatable bonds is 4. The molecule has 1 aromatic rings. The Bertz CT molecular complexity index is 951. The second-order valence-electron chi connectivity index (χ2n) is 10.5. The van der Waals surface area contributed by atoms with E-state index in [1.807, 2.05) is 19.9 Å². The van der Waals surface area contributed by atoms with Gasteiger partial charge in [-0.05, 0) is 68.2 Å². The predicted octanol–water partition coefficient (Wildman–Crippen LogP) is 3.37. The zero-order chi connectivity index (χ0) is 20.8. The van der Waals surface area contributed by atoms with E-state index in [0.29, 0.717) is 11.5 Å². The summed E-state index contributed by atoms with van der Waals surface area (Å²) in [5.41, 5.74) is 2.08. The van der Waals surface area contributed by atoms with Crippen molar-refractivity contribution in [3.63, 3.8) is 0 Å². The van der Waals surface area contributed by atoms with Crippen molar-refractivity contribution < 1.29 is 19.4 Å². The van der Waals surface area contributed by atoms with Crippen LogP contribution in [0.15, 0.2) is 24.3 Å². The summed E-state index contributed by atoms with van der Waals surface area (Å²) in [5.74, 6) is 1.49. The van der Waals surface area contributed by atoms with Gasteiger partial charge in [0, 0.05) is 18.2 Å². The fourth-order valence-corrected chi connectivity index (χ4v) is 6.69. The molecule has 0 radical (unpaired) electrons. The van der Waals surface area contributed by atoms with Gasteiger partial charge in [0.1, 0.15) is 6.10 Å². The van der Waals surface area contributed by atoms with Crippen LogP contribution in [0.3, 0.4) is 0 Å². The van der Waals surface area contributed by atoms with E-state index in [4.69, 9.17) is 9.47 Å². The molecule has 1 aromatic carbocycles. The topological polar surface area (TPSA) is 59.0 Å². The lowest BCUT2D eigenvalue weighted by Crippen LogP contribution is -2.75. The van der Waals surface area contributed by atoms with E-state index < -0.39 is 11.0 Å². The van der Waals surface area contributed by atoms with Gasteiger partial charge in [-0.25, -0.2) is 0 Å². The fraction of sp³-hybridized carbons (Fsp3) is 0.640. The third-order valence-electron chi connectivity index (χ3n) is 8.38. The lowest BCUT2D eigenvalue weighted by molar-refractivity contribution is -0.174. The number of ether oxygens (including phenoxy) is 2. The molecule has 1 spiro atoms. The molecule has 6 rings (SSSR count). The van der Waals surface area contributed by atoms with Crippen molar-refractivity contribution in [1.29, 1.82) is 0 Å². The van der Waals surface area contributed by atoms with Gasteiger partial charge in [-0.1, -0.05) is 26.5 Å². The first kappa shape index (κ1) is 18.9. The van der Waals surface area contributed by atoms with Gasteiger partial charge in [-0.15, -0.1) is 0 Å². The van der Waals surface area contributed by atoms with Crippen LogP contribution in [-0.4, -0.2) is 46.8 Å². The Hall–Kier alpha value is -1.85. The summed E-state index contributed by atoms with van der Waals surface area (Å²) >= 11 is 0. The molecule has 4 atom stereocenters. The molecule has 0 amide bonds. The van der Waals surface area contributed by atoms with Crippen LogP contribution in [0, 0.1) is 11.8 Å². The maximum absolute atomic E-state index is 12.3. The summed E-state index contributed by atoms with van der Waals surface area (Å²) in [6, 6.07) is 4.10. The van der Waals surface area contributed by atoms with Crippen molar-refractivity contribution in [2.24, 2.45) is 11.8 Å². The van der Waals surface area contributed by atoms with E-state index >= 15 is 0 Å². The highest BCUT2D eigenvalue weighted by molar-refractivity contribution is 5.76. The molecule has 3 aliphatic carbocycles. The minimum atomic E-state index is -0.828. The highest BCUT2D eigenvalue weighted by Crippen LogP contribution is 2.66. The van der Waals surface area contributed by atoms with E-state index in [1.165, 1.54) is 18.4 Å². The standard InChI is InChI=1S/C25H31NO4/c1-14(2)23(27)29-18-7-6-17-12-19-25(28)9-8-15(3)22-24(25,20(17)21(18)30-22)10-11-26(19)13-16-4-5-16/h6-7,14,16,19,22,28H,3-5,8-13H2,1-2H3/t19-,22+,24+,25-/m1/s1. The molecular formula is C25H31NO4. The van der Waals surface area contributed by atoms with E-state index in [0.717, 1.165) is 55.8 Å². The first-order valence-electron chi connectivity index (χ1n) is 11.5. The number of aliphatic hydroxyl groups is 1. The Morgan fingerprint density at radius 2 is 2.17 bits per heavy atom. The summed E-state index contributed by atoms with van der Waals surface area (Å²) in [6.07, 6.45) is 5.59. The number of benzene rings is 1. The van der Waals surface area contributed by atoms with Crippen molar-refractivity contribution in [2.45, 2.75) is 75.5 Å². The Morgan fingerprint density at radius 3 is 2.90 bits per heavy atom. The van der Waals surface area contributed by atoms with Crippen LogP contribution in [0.4, 0.5) is 0 Å².